The highest BCUT2D eigenvalue weighted by molar-refractivity contribution is 7.80. The fourth-order valence-electron chi connectivity index (χ4n) is 1.85. The monoisotopic (exact) mass is 210 g/mol. The topological polar surface area (TPSA) is 9.23 Å². The molecule has 1 aromatic carbocycles. The van der Waals surface area contributed by atoms with Crippen LogP contribution in [0.15, 0.2) is 6.07 Å². The first-order valence-electron chi connectivity index (χ1n) is 4.81. The number of benzene rings is 1. The smallest absolute Gasteiger partial charge is 0.126 e. The van der Waals surface area contributed by atoms with Crippen molar-refractivity contribution in [2.24, 2.45) is 0 Å². The first-order chi connectivity index (χ1) is 6.49. The molecule has 0 saturated carbocycles. The molecule has 0 amide bonds. The Balaban J connectivity index is 3.47. The molecule has 0 spiro atoms. The third kappa shape index (κ3) is 1.90. The van der Waals surface area contributed by atoms with Crippen molar-refractivity contribution < 1.29 is 4.74 Å². The number of hydrogen-bond donors (Lipinski definition) is 1. The van der Waals surface area contributed by atoms with Crippen LogP contribution in [0.3, 0.4) is 0 Å². The van der Waals surface area contributed by atoms with Crippen molar-refractivity contribution in [2.75, 3.05) is 7.11 Å². The van der Waals surface area contributed by atoms with Crippen LogP contribution in [0.25, 0.3) is 0 Å². The fourth-order valence-corrected chi connectivity index (χ4v) is 2.17. The molecule has 1 aromatic rings. The minimum absolute atomic E-state index is 0.212. The summed E-state index contributed by atoms with van der Waals surface area (Å²) < 4.78 is 5.45. The van der Waals surface area contributed by atoms with Crippen LogP contribution < -0.4 is 4.74 Å². The maximum Gasteiger partial charge on any atom is 0.126 e. The number of thiol groups is 1. The Hall–Kier alpha value is -0.630. The Morgan fingerprint density at radius 2 is 1.79 bits per heavy atom. The van der Waals surface area contributed by atoms with E-state index in [1.165, 1.54) is 22.3 Å². The normalized spacial score (nSPS) is 12.7. The number of methoxy groups -OCH3 is 1. The zero-order valence-corrected chi connectivity index (χ0v) is 10.4. The van der Waals surface area contributed by atoms with Gasteiger partial charge in [0.25, 0.3) is 0 Å². The van der Waals surface area contributed by atoms with Gasteiger partial charge in [0.1, 0.15) is 5.75 Å². The maximum absolute atomic E-state index is 5.45. The molecule has 1 nitrogen and oxygen atoms in total. The molecule has 2 heteroatoms. The number of hydrogen-bond acceptors (Lipinski definition) is 2. The van der Waals surface area contributed by atoms with Crippen LogP contribution >= 0.6 is 12.6 Å². The second-order valence-electron chi connectivity index (χ2n) is 3.76. The van der Waals surface area contributed by atoms with Gasteiger partial charge >= 0.3 is 0 Å². The summed E-state index contributed by atoms with van der Waals surface area (Å²) in [5.74, 6) is 0.991. The molecular formula is C12H18OS. The van der Waals surface area contributed by atoms with E-state index in [1.54, 1.807) is 7.11 Å². The molecule has 0 aliphatic carbocycles. The molecule has 1 rings (SSSR count). The van der Waals surface area contributed by atoms with Crippen LogP contribution in [0.4, 0.5) is 0 Å². The molecular weight excluding hydrogens is 192 g/mol. The molecule has 0 N–H and O–H groups in total. The minimum Gasteiger partial charge on any atom is -0.496 e. The van der Waals surface area contributed by atoms with E-state index in [4.69, 9.17) is 4.74 Å². The summed E-state index contributed by atoms with van der Waals surface area (Å²) in [5, 5.41) is 0.212. The molecule has 1 unspecified atom stereocenters. The lowest BCUT2D eigenvalue weighted by atomic mass is 9.97. The highest BCUT2D eigenvalue weighted by Crippen LogP contribution is 2.36. The number of aryl methyl sites for hydroxylation is 2. The van der Waals surface area contributed by atoms with E-state index in [0.717, 1.165) is 5.75 Å². The average Bonchev–Trinajstić information content (AvgIpc) is 2.09. The van der Waals surface area contributed by atoms with E-state index in [9.17, 15) is 0 Å². The predicted molar refractivity (Wildman–Crippen MR) is 64.6 cm³/mol. The lowest BCUT2D eigenvalue weighted by Gasteiger charge is -2.18. The highest BCUT2D eigenvalue weighted by Gasteiger charge is 2.14. The first kappa shape index (κ1) is 11.4. The molecule has 0 radical (unpaired) electrons. The van der Waals surface area contributed by atoms with E-state index in [0.29, 0.717) is 0 Å². The van der Waals surface area contributed by atoms with Crippen molar-refractivity contribution in [3.05, 3.63) is 28.3 Å². The lowest BCUT2D eigenvalue weighted by molar-refractivity contribution is 0.406. The van der Waals surface area contributed by atoms with Gasteiger partial charge < -0.3 is 4.74 Å². The van der Waals surface area contributed by atoms with Gasteiger partial charge in [0.2, 0.25) is 0 Å². The van der Waals surface area contributed by atoms with Crippen molar-refractivity contribution in [1.82, 2.24) is 0 Å². The molecule has 14 heavy (non-hydrogen) atoms. The van der Waals surface area contributed by atoms with Crippen molar-refractivity contribution in [3.63, 3.8) is 0 Å². The Morgan fingerprint density at radius 1 is 1.21 bits per heavy atom. The van der Waals surface area contributed by atoms with Gasteiger partial charge in [-0.1, -0.05) is 6.07 Å². The number of ether oxygens (including phenoxy) is 1. The van der Waals surface area contributed by atoms with Crippen LogP contribution in [0.1, 0.15) is 34.4 Å². The van der Waals surface area contributed by atoms with E-state index in [2.05, 4.69) is 46.4 Å². The second-order valence-corrected chi connectivity index (χ2v) is 4.53. The van der Waals surface area contributed by atoms with E-state index < -0.39 is 0 Å². The standard InChI is InChI=1S/C12H18OS/c1-7-6-8(2)11(10(4)14)12(13-5)9(7)3/h6,10,14H,1-5H3. The Labute approximate surface area is 91.9 Å². The summed E-state index contributed by atoms with van der Waals surface area (Å²) in [6.07, 6.45) is 0. The third-order valence-corrected chi connectivity index (χ3v) is 2.91. The van der Waals surface area contributed by atoms with E-state index in [1.807, 2.05) is 0 Å². The summed E-state index contributed by atoms with van der Waals surface area (Å²) in [6.45, 7) is 8.38. The molecule has 0 saturated heterocycles. The zero-order chi connectivity index (χ0) is 10.9. The predicted octanol–water partition coefficient (Wildman–Crippen LogP) is 3.61. The van der Waals surface area contributed by atoms with Gasteiger partial charge in [-0.05, 0) is 44.4 Å². The van der Waals surface area contributed by atoms with Gasteiger partial charge in [0.05, 0.1) is 7.11 Å². The summed E-state index contributed by atoms with van der Waals surface area (Å²) in [6, 6.07) is 2.19. The van der Waals surface area contributed by atoms with Crippen LogP contribution in [-0.2, 0) is 0 Å². The summed E-state index contributed by atoms with van der Waals surface area (Å²) >= 11 is 4.48. The average molecular weight is 210 g/mol. The highest BCUT2D eigenvalue weighted by atomic mass is 32.1. The summed E-state index contributed by atoms with van der Waals surface area (Å²) in [4.78, 5) is 0. The Kier molecular flexibility index (Phi) is 3.48. The van der Waals surface area contributed by atoms with E-state index in [-0.39, 0.29) is 5.25 Å². The molecule has 0 fully saturated rings. The molecule has 0 aromatic heterocycles. The maximum atomic E-state index is 5.45. The molecule has 0 aliphatic heterocycles. The van der Waals surface area contributed by atoms with Crippen molar-refractivity contribution in [1.29, 1.82) is 0 Å². The van der Waals surface area contributed by atoms with Crippen LogP contribution in [0.2, 0.25) is 0 Å². The quantitative estimate of drug-likeness (QED) is 0.734. The summed E-state index contributed by atoms with van der Waals surface area (Å²) in [5.41, 5.74) is 4.96. The minimum atomic E-state index is 0.212. The second kappa shape index (κ2) is 4.26. The number of rotatable bonds is 2. The molecule has 1 atom stereocenters. The largest absolute Gasteiger partial charge is 0.496 e. The van der Waals surface area contributed by atoms with Gasteiger partial charge in [0, 0.05) is 10.8 Å². The zero-order valence-electron chi connectivity index (χ0n) is 9.51. The Morgan fingerprint density at radius 3 is 2.21 bits per heavy atom. The van der Waals surface area contributed by atoms with Gasteiger partial charge in [-0.3, -0.25) is 0 Å². The van der Waals surface area contributed by atoms with Crippen LogP contribution in [0, 0.1) is 20.8 Å². The van der Waals surface area contributed by atoms with Gasteiger partial charge in [-0.2, -0.15) is 12.6 Å². The van der Waals surface area contributed by atoms with Crippen LogP contribution in [-0.4, -0.2) is 7.11 Å². The lowest BCUT2D eigenvalue weighted by Crippen LogP contribution is -2.00. The van der Waals surface area contributed by atoms with Crippen molar-refractivity contribution in [3.8, 4) is 5.75 Å². The molecule has 0 aliphatic rings. The van der Waals surface area contributed by atoms with Gasteiger partial charge in [-0.15, -0.1) is 0 Å². The molecule has 0 heterocycles. The van der Waals surface area contributed by atoms with Crippen molar-refractivity contribution >= 4 is 12.6 Å². The fraction of sp³-hybridized carbons (Fsp3) is 0.500. The first-order valence-corrected chi connectivity index (χ1v) is 5.33. The van der Waals surface area contributed by atoms with Crippen LogP contribution in [0.5, 0.6) is 5.75 Å². The summed E-state index contributed by atoms with van der Waals surface area (Å²) in [7, 11) is 1.72. The van der Waals surface area contributed by atoms with Gasteiger partial charge in [0.15, 0.2) is 0 Å². The SMILES string of the molecule is COc1c(C)c(C)cc(C)c1C(C)S. The van der Waals surface area contributed by atoms with Gasteiger partial charge in [-0.25, -0.2) is 0 Å². The Bertz CT molecular complexity index is 343. The third-order valence-electron chi connectivity index (χ3n) is 2.66. The molecule has 78 valence electrons. The van der Waals surface area contributed by atoms with Crippen molar-refractivity contribution in [2.45, 2.75) is 32.9 Å². The van der Waals surface area contributed by atoms with E-state index >= 15 is 0 Å². The molecule has 0 bridgehead atoms.